The minimum absolute atomic E-state index is 0.0584. The number of methoxy groups -OCH3 is 2. The highest BCUT2D eigenvalue weighted by atomic mass is 16.7. The summed E-state index contributed by atoms with van der Waals surface area (Å²) < 4.78 is 26.1. The molecule has 0 aliphatic heterocycles. The Morgan fingerprint density at radius 1 is 0.958 bits per heavy atom. The first-order chi connectivity index (χ1) is 11.7. The second-order valence-electron chi connectivity index (χ2n) is 4.73. The number of para-hydroxylation sites is 1. The Morgan fingerprint density at radius 2 is 1.75 bits per heavy atom. The molecule has 0 amide bonds. The van der Waals surface area contributed by atoms with Crippen molar-refractivity contribution in [2.45, 2.75) is 0 Å². The molecule has 6 nitrogen and oxygen atoms in total. The van der Waals surface area contributed by atoms with Crippen LogP contribution < -0.4 is 9.47 Å². The maximum atomic E-state index is 12.0. The van der Waals surface area contributed by atoms with Crippen molar-refractivity contribution in [3.05, 3.63) is 54.1 Å². The molecule has 0 radical (unpaired) electrons. The molecule has 0 unspecified atom stereocenters. The lowest BCUT2D eigenvalue weighted by molar-refractivity contribution is -0.00855. The van der Waals surface area contributed by atoms with E-state index < -0.39 is 5.97 Å². The molecule has 0 aromatic heterocycles. The molecule has 0 atom stereocenters. The number of carbonyl (C=O) groups is 1. The fourth-order valence-electron chi connectivity index (χ4n) is 1.88. The van der Waals surface area contributed by atoms with Crippen LogP contribution in [0.3, 0.4) is 0 Å². The topological polar surface area (TPSA) is 63.2 Å². The van der Waals surface area contributed by atoms with E-state index in [0.717, 1.165) is 0 Å². The third kappa shape index (κ3) is 5.26. The van der Waals surface area contributed by atoms with Gasteiger partial charge in [-0.2, -0.15) is 0 Å². The minimum atomic E-state index is -0.508. The predicted molar refractivity (Wildman–Crippen MR) is 87.6 cm³/mol. The molecule has 0 saturated heterocycles. The lowest BCUT2D eigenvalue weighted by atomic mass is 10.2. The summed E-state index contributed by atoms with van der Waals surface area (Å²) in [5.74, 6) is 0.986. The fraction of sp³-hybridized carbons (Fsp3) is 0.278. The van der Waals surface area contributed by atoms with Crippen molar-refractivity contribution < 1.29 is 28.5 Å². The van der Waals surface area contributed by atoms with E-state index in [2.05, 4.69) is 0 Å². The summed E-state index contributed by atoms with van der Waals surface area (Å²) in [5.41, 5.74) is 0.274. The van der Waals surface area contributed by atoms with Crippen LogP contribution in [0.1, 0.15) is 10.4 Å². The molecule has 0 spiro atoms. The number of carbonyl (C=O) groups excluding carboxylic acids is 1. The van der Waals surface area contributed by atoms with Crippen molar-refractivity contribution in [1.82, 2.24) is 0 Å². The van der Waals surface area contributed by atoms with E-state index in [1.165, 1.54) is 7.11 Å². The summed E-state index contributed by atoms with van der Waals surface area (Å²) >= 11 is 0. The van der Waals surface area contributed by atoms with Crippen LogP contribution in [0.5, 0.6) is 17.2 Å². The quantitative estimate of drug-likeness (QED) is 0.399. The van der Waals surface area contributed by atoms with Crippen molar-refractivity contribution >= 4 is 5.97 Å². The van der Waals surface area contributed by atoms with Crippen LogP contribution in [0.4, 0.5) is 0 Å². The average Bonchev–Trinajstić information content (AvgIpc) is 2.63. The molecule has 2 aromatic rings. The molecule has 0 N–H and O–H groups in total. The highest BCUT2D eigenvalue weighted by Gasteiger charge is 2.15. The van der Waals surface area contributed by atoms with E-state index in [1.807, 2.05) is 18.2 Å². The van der Waals surface area contributed by atoms with Gasteiger partial charge in [-0.15, -0.1) is 0 Å². The number of ether oxygens (including phenoxy) is 5. The summed E-state index contributed by atoms with van der Waals surface area (Å²) in [6.45, 7) is 0.971. The summed E-state index contributed by atoms with van der Waals surface area (Å²) in [5, 5.41) is 0. The van der Waals surface area contributed by atoms with Crippen molar-refractivity contribution in [3.8, 4) is 17.2 Å². The number of esters is 1. The first-order valence-electron chi connectivity index (χ1n) is 7.39. The number of hydrogen-bond donors (Lipinski definition) is 0. The summed E-state index contributed by atoms with van der Waals surface area (Å²) in [4.78, 5) is 12.0. The first kappa shape index (κ1) is 17.8. The largest absolute Gasteiger partial charge is 0.468 e. The lowest BCUT2D eigenvalue weighted by Gasteiger charge is -2.12. The molecule has 0 saturated carbocycles. The Bertz CT molecular complexity index is 641. The highest BCUT2D eigenvalue weighted by Crippen LogP contribution is 2.29. The van der Waals surface area contributed by atoms with Gasteiger partial charge in [-0.05, 0) is 30.3 Å². The Hall–Kier alpha value is -2.57. The van der Waals surface area contributed by atoms with Crippen LogP contribution in [0.2, 0.25) is 0 Å². The number of rotatable bonds is 9. The summed E-state index contributed by atoms with van der Waals surface area (Å²) in [6, 6.07) is 14.1. The maximum absolute atomic E-state index is 12.0. The van der Waals surface area contributed by atoms with Crippen LogP contribution in [0, 0.1) is 0 Å². The van der Waals surface area contributed by atoms with Gasteiger partial charge >= 0.3 is 5.97 Å². The Kier molecular flexibility index (Phi) is 7.07. The standard InChI is InChI=1S/C18H20O6/c1-20-10-11-22-13-23-15-8-9-17(16(12-15)18(19)21-2)24-14-6-4-3-5-7-14/h3-9,12H,10-11,13H2,1-2H3. The van der Waals surface area contributed by atoms with Gasteiger partial charge < -0.3 is 23.7 Å². The van der Waals surface area contributed by atoms with Gasteiger partial charge in [0.2, 0.25) is 0 Å². The summed E-state index contributed by atoms with van der Waals surface area (Å²) in [7, 11) is 2.91. The van der Waals surface area contributed by atoms with E-state index >= 15 is 0 Å². The molecule has 0 aliphatic carbocycles. The molecule has 6 heteroatoms. The zero-order chi connectivity index (χ0) is 17.2. The molecular formula is C18H20O6. The molecule has 128 valence electrons. The third-order valence-electron chi connectivity index (χ3n) is 3.07. The Morgan fingerprint density at radius 3 is 2.46 bits per heavy atom. The van der Waals surface area contributed by atoms with Gasteiger partial charge in [0, 0.05) is 7.11 Å². The SMILES string of the molecule is COCCOCOc1ccc(Oc2ccccc2)c(C(=O)OC)c1. The summed E-state index contributed by atoms with van der Waals surface area (Å²) in [6.07, 6.45) is 0. The van der Waals surface area contributed by atoms with Crippen molar-refractivity contribution in [2.75, 3.05) is 34.2 Å². The molecule has 0 aliphatic rings. The van der Waals surface area contributed by atoms with E-state index in [0.29, 0.717) is 30.5 Å². The molecular weight excluding hydrogens is 312 g/mol. The van der Waals surface area contributed by atoms with Crippen LogP contribution >= 0.6 is 0 Å². The molecule has 0 heterocycles. The zero-order valence-corrected chi connectivity index (χ0v) is 13.7. The maximum Gasteiger partial charge on any atom is 0.341 e. The van der Waals surface area contributed by atoms with Crippen LogP contribution in [0.25, 0.3) is 0 Å². The fourth-order valence-corrected chi connectivity index (χ4v) is 1.88. The van der Waals surface area contributed by atoms with Crippen LogP contribution in [0.15, 0.2) is 48.5 Å². The smallest absolute Gasteiger partial charge is 0.341 e. The van der Waals surface area contributed by atoms with Gasteiger partial charge in [0.25, 0.3) is 0 Å². The average molecular weight is 332 g/mol. The Labute approximate surface area is 140 Å². The second-order valence-corrected chi connectivity index (χ2v) is 4.73. The molecule has 0 bridgehead atoms. The van der Waals surface area contributed by atoms with Gasteiger partial charge in [0.15, 0.2) is 6.79 Å². The normalized spacial score (nSPS) is 10.2. The number of hydrogen-bond acceptors (Lipinski definition) is 6. The highest BCUT2D eigenvalue weighted by molar-refractivity contribution is 5.93. The van der Waals surface area contributed by atoms with E-state index in [1.54, 1.807) is 37.4 Å². The van der Waals surface area contributed by atoms with Gasteiger partial charge in [-0.25, -0.2) is 4.79 Å². The van der Waals surface area contributed by atoms with Crippen molar-refractivity contribution in [3.63, 3.8) is 0 Å². The van der Waals surface area contributed by atoms with Crippen LogP contribution in [-0.4, -0.2) is 40.2 Å². The third-order valence-corrected chi connectivity index (χ3v) is 3.07. The van der Waals surface area contributed by atoms with Gasteiger partial charge in [0.05, 0.1) is 20.3 Å². The van der Waals surface area contributed by atoms with Gasteiger partial charge in [-0.3, -0.25) is 0 Å². The van der Waals surface area contributed by atoms with Gasteiger partial charge in [0.1, 0.15) is 22.8 Å². The lowest BCUT2D eigenvalue weighted by Crippen LogP contribution is -2.09. The number of benzene rings is 2. The van der Waals surface area contributed by atoms with Gasteiger partial charge in [-0.1, -0.05) is 18.2 Å². The van der Waals surface area contributed by atoms with E-state index in [-0.39, 0.29) is 12.4 Å². The molecule has 2 aromatic carbocycles. The predicted octanol–water partition coefficient (Wildman–Crippen LogP) is 3.26. The van der Waals surface area contributed by atoms with Crippen LogP contribution in [-0.2, 0) is 14.2 Å². The molecule has 24 heavy (non-hydrogen) atoms. The molecule has 2 rings (SSSR count). The van der Waals surface area contributed by atoms with E-state index in [9.17, 15) is 4.79 Å². The van der Waals surface area contributed by atoms with Crippen molar-refractivity contribution in [1.29, 1.82) is 0 Å². The molecule has 0 fully saturated rings. The van der Waals surface area contributed by atoms with Crippen molar-refractivity contribution in [2.24, 2.45) is 0 Å². The van der Waals surface area contributed by atoms with E-state index in [4.69, 9.17) is 23.7 Å². The minimum Gasteiger partial charge on any atom is -0.468 e. The Balaban J connectivity index is 2.09. The second kappa shape index (κ2) is 9.54. The first-order valence-corrected chi connectivity index (χ1v) is 7.39. The zero-order valence-electron chi connectivity index (χ0n) is 13.7. The monoisotopic (exact) mass is 332 g/mol.